The molecule has 0 atom stereocenters. The van der Waals surface area contributed by atoms with Crippen LogP contribution >= 0.6 is 11.3 Å². The number of benzene rings is 2. The van der Waals surface area contributed by atoms with Crippen molar-refractivity contribution < 1.29 is 17.9 Å². The summed E-state index contributed by atoms with van der Waals surface area (Å²) in [5.41, 5.74) is 3.22. The van der Waals surface area contributed by atoms with Gasteiger partial charge in [-0.25, -0.2) is 13.4 Å². The second-order valence-electron chi connectivity index (χ2n) is 5.09. The van der Waals surface area contributed by atoms with Crippen LogP contribution in [-0.2, 0) is 20.3 Å². The Kier molecular flexibility index (Phi) is 4.82. The van der Waals surface area contributed by atoms with Crippen LogP contribution in [0.25, 0.3) is 10.2 Å². The molecule has 1 heterocycles. The van der Waals surface area contributed by atoms with E-state index in [0.717, 1.165) is 10.2 Å². The summed E-state index contributed by atoms with van der Waals surface area (Å²) < 4.78 is 36.0. The van der Waals surface area contributed by atoms with E-state index in [1.165, 1.54) is 35.6 Å². The topological polar surface area (TPSA) is 89.3 Å². The molecule has 0 spiro atoms. The van der Waals surface area contributed by atoms with E-state index in [1.54, 1.807) is 17.6 Å². The Morgan fingerprint density at radius 2 is 2.00 bits per heavy atom. The molecule has 0 aliphatic heterocycles. The lowest BCUT2D eigenvalue weighted by Gasteiger charge is -2.08. The fraction of sp³-hybridized carbons (Fsp3) is 0.0588. The van der Waals surface area contributed by atoms with E-state index in [2.05, 4.69) is 16.3 Å². The zero-order valence-corrected chi connectivity index (χ0v) is 14.6. The Bertz CT molecular complexity index is 1020. The largest absolute Gasteiger partial charge is 0.426 e. The highest BCUT2D eigenvalue weighted by Crippen LogP contribution is 2.24. The molecule has 6 nitrogen and oxygen atoms in total. The molecule has 0 bridgehead atoms. The predicted molar refractivity (Wildman–Crippen MR) is 96.6 cm³/mol. The molecule has 3 aromatic rings. The van der Waals surface area contributed by atoms with Gasteiger partial charge in [0.25, 0.3) is 5.95 Å². The van der Waals surface area contributed by atoms with E-state index in [-0.39, 0.29) is 16.6 Å². The van der Waals surface area contributed by atoms with Gasteiger partial charge >= 0.3 is 0 Å². The average Bonchev–Trinajstić information content (AvgIpc) is 3.03. The van der Waals surface area contributed by atoms with Gasteiger partial charge in [0.15, 0.2) is 16.2 Å². The van der Waals surface area contributed by atoms with E-state index in [0.29, 0.717) is 17.7 Å². The Hall–Kier alpha value is -2.71. The smallest absolute Gasteiger partial charge is 0.283 e. The third kappa shape index (κ3) is 4.04. The van der Waals surface area contributed by atoms with Crippen molar-refractivity contribution in [3.05, 3.63) is 66.1 Å². The van der Waals surface area contributed by atoms with Crippen molar-refractivity contribution in [1.82, 2.24) is 4.98 Å². The normalized spacial score (nSPS) is 11.2. The van der Waals surface area contributed by atoms with Crippen LogP contribution in [0, 0.1) is 5.41 Å². The zero-order chi connectivity index (χ0) is 17.9. The van der Waals surface area contributed by atoms with Gasteiger partial charge in [0.05, 0.1) is 26.4 Å². The molecule has 0 radical (unpaired) electrons. The highest BCUT2D eigenvalue weighted by atomic mass is 32.2. The van der Waals surface area contributed by atoms with Gasteiger partial charge in [-0.05, 0) is 48.5 Å². The summed E-state index contributed by atoms with van der Waals surface area (Å²) in [6.07, 6.45) is 0.695. The number of rotatable bonds is 7. The zero-order valence-electron chi connectivity index (χ0n) is 13.0. The lowest BCUT2D eigenvalue weighted by Crippen LogP contribution is -2.05. The molecule has 0 unspecified atom stereocenters. The minimum atomic E-state index is -3.49. The van der Waals surface area contributed by atoms with E-state index in [1.807, 2.05) is 6.07 Å². The Morgan fingerprint density at radius 1 is 1.24 bits per heavy atom. The quantitative estimate of drug-likeness (QED) is 0.386. The molecule has 1 N–H and O–H groups in total. The lowest BCUT2D eigenvalue weighted by molar-refractivity contribution is 0.226. The first-order chi connectivity index (χ1) is 12.0. The summed E-state index contributed by atoms with van der Waals surface area (Å²) in [5, 5.41) is 6.79. The van der Waals surface area contributed by atoms with E-state index < -0.39 is 9.84 Å². The number of sulfone groups is 1. The minimum Gasteiger partial charge on any atom is -0.426 e. The molecule has 0 saturated heterocycles. The van der Waals surface area contributed by atoms with Gasteiger partial charge in [0, 0.05) is 0 Å². The van der Waals surface area contributed by atoms with Crippen molar-refractivity contribution in [2.24, 2.45) is 0 Å². The van der Waals surface area contributed by atoms with Gasteiger partial charge in [0.1, 0.15) is 5.75 Å². The summed E-state index contributed by atoms with van der Waals surface area (Å²) >= 11 is 1.51. The van der Waals surface area contributed by atoms with Gasteiger partial charge < -0.3 is 9.47 Å². The van der Waals surface area contributed by atoms with Gasteiger partial charge in [-0.3, -0.25) is 5.41 Å². The molecule has 0 saturated carbocycles. The SMILES string of the molecule is C=C(OC=N)Oc1ccc(S(=O)(=O)Cc2ccc3scnc3c2)cc1. The first-order valence-corrected chi connectivity index (χ1v) is 9.68. The monoisotopic (exact) mass is 374 g/mol. The third-order valence-corrected chi connectivity index (χ3v) is 5.87. The molecule has 128 valence electrons. The maximum absolute atomic E-state index is 12.6. The Balaban J connectivity index is 1.77. The van der Waals surface area contributed by atoms with Crippen molar-refractivity contribution in [2.75, 3.05) is 0 Å². The summed E-state index contributed by atoms with van der Waals surface area (Å²) in [5.74, 6) is 0.196. The predicted octanol–water partition coefficient (Wildman–Crippen LogP) is 3.74. The van der Waals surface area contributed by atoms with Crippen LogP contribution in [0.15, 0.2) is 65.4 Å². The Morgan fingerprint density at radius 3 is 2.72 bits per heavy atom. The van der Waals surface area contributed by atoms with Crippen LogP contribution in [0.4, 0.5) is 0 Å². The summed E-state index contributed by atoms with van der Waals surface area (Å²) in [7, 11) is -3.49. The van der Waals surface area contributed by atoms with Gasteiger partial charge in [0.2, 0.25) is 0 Å². The second kappa shape index (κ2) is 7.04. The highest BCUT2D eigenvalue weighted by molar-refractivity contribution is 7.90. The number of ether oxygens (including phenoxy) is 2. The molecule has 0 aliphatic carbocycles. The van der Waals surface area contributed by atoms with E-state index in [4.69, 9.17) is 10.1 Å². The van der Waals surface area contributed by atoms with E-state index in [9.17, 15) is 8.42 Å². The first kappa shape index (κ1) is 17.1. The second-order valence-corrected chi connectivity index (χ2v) is 7.97. The van der Waals surface area contributed by atoms with Crippen LogP contribution in [0.5, 0.6) is 5.75 Å². The fourth-order valence-corrected chi connectivity index (χ4v) is 4.23. The third-order valence-electron chi connectivity index (χ3n) is 3.36. The van der Waals surface area contributed by atoms with Crippen LogP contribution in [0.1, 0.15) is 5.56 Å². The Labute approximate surface area is 148 Å². The molecule has 0 aliphatic rings. The molecule has 3 rings (SSSR count). The molecule has 0 fully saturated rings. The van der Waals surface area contributed by atoms with Crippen LogP contribution in [0.2, 0.25) is 0 Å². The molecular formula is C17H14N2O4S2. The number of fused-ring (bicyclic) bond motifs is 1. The molecule has 0 amide bonds. The summed E-state index contributed by atoms with van der Waals surface area (Å²) in [6.45, 7) is 3.47. The van der Waals surface area contributed by atoms with Crippen molar-refractivity contribution >= 4 is 37.8 Å². The number of nitrogens with one attached hydrogen (secondary N) is 1. The van der Waals surface area contributed by atoms with Crippen molar-refractivity contribution in [3.8, 4) is 5.75 Å². The van der Waals surface area contributed by atoms with E-state index >= 15 is 0 Å². The van der Waals surface area contributed by atoms with Crippen LogP contribution in [0.3, 0.4) is 0 Å². The minimum absolute atomic E-state index is 0.0674. The summed E-state index contributed by atoms with van der Waals surface area (Å²) in [6, 6.07) is 11.4. The molecule has 2 aromatic carbocycles. The molecule has 25 heavy (non-hydrogen) atoms. The number of thiazole rings is 1. The molecule has 8 heteroatoms. The fourth-order valence-electron chi connectivity index (χ4n) is 2.23. The van der Waals surface area contributed by atoms with Crippen LogP contribution < -0.4 is 4.74 Å². The highest BCUT2D eigenvalue weighted by Gasteiger charge is 2.16. The van der Waals surface area contributed by atoms with Crippen molar-refractivity contribution in [3.63, 3.8) is 0 Å². The van der Waals surface area contributed by atoms with Crippen LogP contribution in [-0.4, -0.2) is 19.8 Å². The number of aromatic nitrogens is 1. The van der Waals surface area contributed by atoms with Gasteiger partial charge in [-0.1, -0.05) is 6.07 Å². The average molecular weight is 374 g/mol. The number of nitrogens with zero attached hydrogens (tertiary/aromatic N) is 1. The standard InChI is InChI=1S/C17H14N2O4S2/c1-12(22-10-18)23-14-3-5-15(6-4-14)25(20,21)9-13-2-7-17-16(8-13)19-11-24-17/h2-8,10-11,18H,1,9H2. The molecular weight excluding hydrogens is 360 g/mol. The van der Waals surface area contributed by atoms with Crippen molar-refractivity contribution in [1.29, 1.82) is 5.41 Å². The van der Waals surface area contributed by atoms with Crippen molar-refractivity contribution in [2.45, 2.75) is 10.6 Å². The number of hydrogen-bond acceptors (Lipinski definition) is 7. The molecule has 1 aromatic heterocycles. The number of hydrogen-bond donors (Lipinski definition) is 1. The maximum atomic E-state index is 12.6. The lowest BCUT2D eigenvalue weighted by atomic mass is 10.2. The first-order valence-electron chi connectivity index (χ1n) is 7.15. The summed E-state index contributed by atoms with van der Waals surface area (Å²) in [4.78, 5) is 4.40. The van der Waals surface area contributed by atoms with Gasteiger partial charge in [-0.15, -0.1) is 11.3 Å². The maximum Gasteiger partial charge on any atom is 0.283 e. The van der Waals surface area contributed by atoms with Gasteiger partial charge in [-0.2, -0.15) is 0 Å².